The SMILES string of the molecule is CCOCc1cccc(NC(=O)c2cccnc2Oc2ccc(F)cc2Br)c1. The van der Waals surface area contributed by atoms with Crippen LogP contribution in [0, 0.1) is 5.82 Å². The third kappa shape index (κ3) is 5.15. The maximum absolute atomic E-state index is 13.3. The molecule has 0 fully saturated rings. The first-order valence-corrected chi connectivity index (χ1v) is 9.42. The number of anilines is 1. The van der Waals surface area contributed by atoms with E-state index in [0.717, 1.165) is 5.56 Å². The molecule has 0 aliphatic rings. The number of halogens is 2. The number of carbonyl (C=O) groups is 1. The van der Waals surface area contributed by atoms with Gasteiger partial charge in [-0.05, 0) is 70.9 Å². The summed E-state index contributed by atoms with van der Waals surface area (Å²) >= 11 is 3.24. The van der Waals surface area contributed by atoms with E-state index in [-0.39, 0.29) is 17.4 Å². The molecule has 5 nitrogen and oxygen atoms in total. The number of nitrogens with one attached hydrogen (secondary N) is 1. The molecule has 0 saturated heterocycles. The minimum atomic E-state index is -0.398. The number of pyridine rings is 1. The van der Waals surface area contributed by atoms with Gasteiger partial charge in [0.2, 0.25) is 5.88 Å². The lowest BCUT2D eigenvalue weighted by molar-refractivity contribution is 0.102. The number of rotatable bonds is 7. The topological polar surface area (TPSA) is 60.5 Å². The first-order valence-electron chi connectivity index (χ1n) is 8.62. The monoisotopic (exact) mass is 444 g/mol. The van der Waals surface area contributed by atoms with Crippen molar-refractivity contribution in [2.24, 2.45) is 0 Å². The van der Waals surface area contributed by atoms with Crippen molar-refractivity contribution in [3.63, 3.8) is 0 Å². The highest BCUT2D eigenvalue weighted by molar-refractivity contribution is 9.10. The van der Waals surface area contributed by atoms with E-state index >= 15 is 0 Å². The van der Waals surface area contributed by atoms with Crippen LogP contribution in [0.2, 0.25) is 0 Å². The molecule has 0 aliphatic heterocycles. The Balaban J connectivity index is 1.79. The van der Waals surface area contributed by atoms with Crippen molar-refractivity contribution >= 4 is 27.5 Å². The Labute approximate surface area is 170 Å². The molecule has 3 aromatic rings. The standard InChI is InChI=1S/C21H18BrFN2O3/c1-2-27-13-14-5-3-6-16(11-14)25-20(26)17-7-4-10-24-21(17)28-19-9-8-15(23)12-18(19)22/h3-12H,2,13H2,1H3,(H,25,26). The minimum absolute atomic E-state index is 0.123. The van der Waals surface area contributed by atoms with Crippen LogP contribution < -0.4 is 10.1 Å². The van der Waals surface area contributed by atoms with Crippen molar-refractivity contribution in [1.82, 2.24) is 4.98 Å². The summed E-state index contributed by atoms with van der Waals surface area (Å²) < 4.78 is 24.8. The number of aromatic nitrogens is 1. The zero-order valence-electron chi connectivity index (χ0n) is 15.1. The molecule has 1 aromatic heterocycles. The maximum Gasteiger partial charge on any atom is 0.261 e. The van der Waals surface area contributed by atoms with Gasteiger partial charge in [-0.3, -0.25) is 4.79 Å². The first kappa shape index (κ1) is 20.0. The van der Waals surface area contributed by atoms with Crippen LogP contribution in [-0.4, -0.2) is 17.5 Å². The third-order valence-electron chi connectivity index (χ3n) is 3.77. The largest absolute Gasteiger partial charge is 0.437 e. The Morgan fingerprint density at radius 3 is 2.82 bits per heavy atom. The van der Waals surface area contributed by atoms with Gasteiger partial charge in [-0.2, -0.15) is 0 Å². The van der Waals surface area contributed by atoms with E-state index in [1.54, 1.807) is 18.2 Å². The molecule has 0 bridgehead atoms. The summed E-state index contributed by atoms with van der Waals surface area (Å²) in [6, 6.07) is 14.7. The van der Waals surface area contributed by atoms with Crippen LogP contribution in [0.4, 0.5) is 10.1 Å². The van der Waals surface area contributed by atoms with Crippen LogP contribution in [0.3, 0.4) is 0 Å². The molecule has 0 spiro atoms. The lowest BCUT2D eigenvalue weighted by Gasteiger charge is -2.12. The molecule has 7 heteroatoms. The van der Waals surface area contributed by atoms with E-state index in [4.69, 9.17) is 9.47 Å². The van der Waals surface area contributed by atoms with E-state index in [1.165, 1.54) is 24.4 Å². The predicted octanol–water partition coefficient (Wildman–Crippen LogP) is 5.56. The van der Waals surface area contributed by atoms with Crippen molar-refractivity contribution in [2.75, 3.05) is 11.9 Å². The molecule has 0 unspecified atom stereocenters. The van der Waals surface area contributed by atoms with Gasteiger partial charge in [-0.25, -0.2) is 9.37 Å². The molecule has 1 amide bonds. The van der Waals surface area contributed by atoms with E-state index in [9.17, 15) is 9.18 Å². The Bertz CT molecular complexity index is 981. The first-order chi connectivity index (χ1) is 13.6. The number of nitrogens with zero attached hydrogens (tertiary/aromatic N) is 1. The summed E-state index contributed by atoms with van der Waals surface area (Å²) in [6.45, 7) is 3.01. The van der Waals surface area contributed by atoms with E-state index in [2.05, 4.69) is 26.2 Å². The smallest absolute Gasteiger partial charge is 0.261 e. The fourth-order valence-corrected chi connectivity index (χ4v) is 2.90. The summed E-state index contributed by atoms with van der Waals surface area (Å²) in [6.07, 6.45) is 1.52. The summed E-state index contributed by atoms with van der Waals surface area (Å²) in [7, 11) is 0. The number of benzene rings is 2. The normalized spacial score (nSPS) is 10.5. The molecule has 2 aromatic carbocycles. The summed E-state index contributed by atoms with van der Waals surface area (Å²) in [4.78, 5) is 16.9. The molecule has 0 saturated carbocycles. The molecule has 144 valence electrons. The van der Waals surface area contributed by atoms with E-state index < -0.39 is 5.82 Å². The van der Waals surface area contributed by atoms with Gasteiger partial charge in [-0.1, -0.05) is 12.1 Å². The van der Waals surface area contributed by atoms with Crippen molar-refractivity contribution in [3.05, 3.63) is 82.2 Å². The summed E-state index contributed by atoms with van der Waals surface area (Å²) in [5.74, 6) is -0.286. The van der Waals surface area contributed by atoms with Gasteiger partial charge >= 0.3 is 0 Å². The summed E-state index contributed by atoms with van der Waals surface area (Å²) in [5.41, 5.74) is 1.85. The Hall–Kier alpha value is -2.77. The van der Waals surface area contributed by atoms with Crippen LogP contribution in [0.1, 0.15) is 22.8 Å². The van der Waals surface area contributed by atoms with Gasteiger partial charge in [0.05, 0.1) is 11.1 Å². The van der Waals surface area contributed by atoms with Crippen LogP contribution in [0.15, 0.2) is 65.3 Å². The average molecular weight is 445 g/mol. The number of hydrogen-bond acceptors (Lipinski definition) is 4. The zero-order valence-corrected chi connectivity index (χ0v) is 16.7. The highest BCUT2D eigenvalue weighted by Crippen LogP contribution is 2.31. The van der Waals surface area contributed by atoms with Crippen molar-refractivity contribution in [2.45, 2.75) is 13.5 Å². The van der Waals surface area contributed by atoms with Gasteiger partial charge < -0.3 is 14.8 Å². The highest BCUT2D eigenvalue weighted by atomic mass is 79.9. The molecule has 28 heavy (non-hydrogen) atoms. The van der Waals surface area contributed by atoms with Gasteiger partial charge in [0.25, 0.3) is 5.91 Å². The predicted molar refractivity (Wildman–Crippen MR) is 108 cm³/mol. The van der Waals surface area contributed by atoms with Crippen LogP contribution in [-0.2, 0) is 11.3 Å². The van der Waals surface area contributed by atoms with Crippen molar-refractivity contribution in [1.29, 1.82) is 0 Å². The van der Waals surface area contributed by atoms with Crippen LogP contribution in [0.25, 0.3) is 0 Å². The van der Waals surface area contributed by atoms with Crippen molar-refractivity contribution in [3.8, 4) is 11.6 Å². The second-order valence-corrected chi connectivity index (χ2v) is 6.68. The maximum atomic E-state index is 13.3. The molecular formula is C21H18BrFN2O3. The lowest BCUT2D eigenvalue weighted by Crippen LogP contribution is -2.14. The molecular weight excluding hydrogens is 427 g/mol. The lowest BCUT2D eigenvalue weighted by atomic mass is 10.2. The number of amides is 1. The van der Waals surface area contributed by atoms with Gasteiger partial charge in [0.15, 0.2) is 0 Å². The molecule has 1 N–H and O–H groups in total. The second-order valence-electron chi connectivity index (χ2n) is 5.82. The Morgan fingerprint density at radius 2 is 2.04 bits per heavy atom. The number of hydrogen-bond donors (Lipinski definition) is 1. The van der Waals surface area contributed by atoms with Crippen LogP contribution in [0.5, 0.6) is 11.6 Å². The quantitative estimate of drug-likeness (QED) is 0.517. The highest BCUT2D eigenvalue weighted by Gasteiger charge is 2.16. The Morgan fingerprint density at radius 1 is 1.18 bits per heavy atom. The fraction of sp³-hybridized carbons (Fsp3) is 0.143. The molecule has 0 atom stereocenters. The number of ether oxygens (including phenoxy) is 2. The van der Waals surface area contributed by atoms with E-state index in [0.29, 0.717) is 29.1 Å². The average Bonchev–Trinajstić information content (AvgIpc) is 2.69. The van der Waals surface area contributed by atoms with Crippen molar-refractivity contribution < 1.29 is 18.7 Å². The second kappa shape index (κ2) is 9.43. The van der Waals surface area contributed by atoms with Gasteiger partial charge in [0, 0.05) is 18.5 Å². The van der Waals surface area contributed by atoms with Gasteiger partial charge in [0.1, 0.15) is 17.1 Å². The minimum Gasteiger partial charge on any atom is -0.437 e. The fourth-order valence-electron chi connectivity index (χ4n) is 2.46. The molecule has 1 heterocycles. The molecule has 3 rings (SSSR count). The summed E-state index contributed by atoms with van der Waals surface area (Å²) in [5, 5.41) is 2.84. The number of carbonyl (C=O) groups excluding carboxylic acids is 1. The Kier molecular flexibility index (Phi) is 6.73. The van der Waals surface area contributed by atoms with Gasteiger partial charge in [-0.15, -0.1) is 0 Å². The van der Waals surface area contributed by atoms with E-state index in [1.807, 2.05) is 25.1 Å². The third-order valence-corrected chi connectivity index (χ3v) is 4.39. The zero-order chi connectivity index (χ0) is 19.9. The molecule has 0 aliphatic carbocycles. The van der Waals surface area contributed by atoms with Crippen LogP contribution >= 0.6 is 15.9 Å². The molecule has 0 radical (unpaired) electrons.